The van der Waals surface area contributed by atoms with Gasteiger partial charge in [0.25, 0.3) is 0 Å². The molecule has 93 heavy (non-hydrogen) atoms. The highest BCUT2D eigenvalue weighted by Crippen LogP contribution is 2.36. The van der Waals surface area contributed by atoms with Crippen LogP contribution in [0.3, 0.4) is 0 Å². The molecule has 3 aliphatic rings. The molecule has 11 rings (SSSR count). The first-order valence-corrected chi connectivity index (χ1v) is 37.6. The van der Waals surface area contributed by atoms with Crippen molar-refractivity contribution in [2.24, 2.45) is 5.92 Å². The van der Waals surface area contributed by atoms with Crippen LogP contribution < -0.4 is 41.7 Å². The second-order valence-corrected chi connectivity index (χ2v) is 34.8. The number of hydrogen-bond donors (Lipinski definition) is 6. The molecule has 0 radical (unpaired) electrons. The van der Waals surface area contributed by atoms with Crippen molar-refractivity contribution in [2.45, 2.75) is 189 Å². The lowest BCUT2D eigenvalue weighted by Gasteiger charge is -2.31. The second kappa shape index (κ2) is 35.6. The largest absolute Gasteiger partial charge is 0.365 e. The Balaban J connectivity index is 0.000000177. The van der Waals surface area contributed by atoms with Crippen molar-refractivity contribution >= 4 is 101 Å². The molecular weight excluding hydrogens is 1270 g/mol. The average Bonchev–Trinajstić information content (AvgIpc) is 1.89. The van der Waals surface area contributed by atoms with E-state index in [-0.39, 0.29) is 38.4 Å². The molecular formula is C71H109N15OS6. The third-order valence-electron chi connectivity index (χ3n) is 15.5. The minimum Gasteiger partial charge on any atom is -0.365 e. The first kappa shape index (κ1) is 76.7. The quantitative estimate of drug-likeness (QED) is 0.0678. The number of nitrogens with one attached hydrogen (secondary N) is 6. The predicted octanol–water partition coefficient (Wildman–Crippen LogP) is 16.0. The summed E-state index contributed by atoms with van der Waals surface area (Å²) in [6.45, 7) is 51.7. The van der Waals surface area contributed by atoms with E-state index in [2.05, 4.69) is 236 Å². The van der Waals surface area contributed by atoms with E-state index in [1.54, 1.807) is 76.7 Å². The van der Waals surface area contributed by atoms with Crippen molar-refractivity contribution < 1.29 is 4.79 Å². The van der Waals surface area contributed by atoms with Crippen molar-refractivity contribution in [1.29, 1.82) is 0 Å². The highest BCUT2D eigenvalue weighted by molar-refractivity contribution is 7.15. The number of carbonyl (C=O) groups is 1. The van der Waals surface area contributed by atoms with Gasteiger partial charge in [0.05, 0.1) is 35.4 Å². The maximum atomic E-state index is 11.2. The van der Waals surface area contributed by atoms with Gasteiger partial charge in [0.1, 0.15) is 10.8 Å². The van der Waals surface area contributed by atoms with E-state index >= 15 is 0 Å². The van der Waals surface area contributed by atoms with E-state index in [0.29, 0.717) is 6.42 Å². The van der Waals surface area contributed by atoms with Crippen LogP contribution in [0.1, 0.15) is 186 Å². The van der Waals surface area contributed by atoms with Crippen LogP contribution in [-0.2, 0) is 56.7 Å². The number of hydrogen-bond acceptors (Lipinski definition) is 21. The summed E-state index contributed by atoms with van der Waals surface area (Å²) >= 11 is 9.75. The summed E-state index contributed by atoms with van der Waals surface area (Å²) < 4.78 is 17.6. The number of likely N-dealkylation sites (N-methyl/N-ethyl adjacent to an activating group) is 1. The Bertz CT molecular complexity index is 3380. The summed E-state index contributed by atoms with van der Waals surface area (Å²) in [5.74, 6) is 1.87. The first-order valence-electron chi connectivity index (χ1n) is 32.8. The molecule has 1 atom stereocenters. The Morgan fingerprint density at radius 2 is 1.27 bits per heavy atom. The first-order chi connectivity index (χ1) is 43.8. The number of amides is 1. The topological polar surface area (TPSA) is 186 Å². The molecule has 0 bridgehead atoms. The zero-order valence-electron chi connectivity index (χ0n) is 59.2. The second-order valence-electron chi connectivity index (χ2n) is 30.0. The third kappa shape index (κ3) is 26.3. The maximum Gasteiger partial charge on any atom is 0.225 e. The van der Waals surface area contributed by atoms with E-state index < -0.39 is 0 Å². The summed E-state index contributed by atoms with van der Waals surface area (Å²) in [6.07, 6.45) is 11.7. The van der Waals surface area contributed by atoms with Gasteiger partial charge in [-0.25, -0.2) is 9.97 Å². The summed E-state index contributed by atoms with van der Waals surface area (Å²) in [6, 6.07) is 18.7. The molecule has 1 unspecified atom stereocenters. The number of anilines is 5. The predicted molar refractivity (Wildman–Crippen MR) is 403 cm³/mol. The molecule has 22 heteroatoms. The highest BCUT2D eigenvalue weighted by atomic mass is 32.1. The van der Waals surface area contributed by atoms with Crippen LogP contribution in [0.5, 0.6) is 0 Å². The number of pyridine rings is 1. The highest BCUT2D eigenvalue weighted by Gasteiger charge is 2.26. The fourth-order valence-corrected chi connectivity index (χ4v) is 15.1. The Morgan fingerprint density at radius 1 is 0.634 bits per heavy atom. The van der Waals surface area contributed by atoms with Crippen molar-refractivity contribution in [2.75, 3.05) is 92.9 Å². The van der Waals surface area contributed by atoms with Crippen molar-refractivity contribution in [1.82, 2.24) is 53.7 Å². The smallest absolute Gasteiger partial charge is 0.225 e. The maximum absolute atomic E-state index is 11.2. The van der Waals surface area contributed by atoms with E-state index in [1.807, 2.05) is 36.0 Å². The van der Waals surface area contributed by atoms with Crippen LogP contribution >= 0.6 is 68.8 Å². The lowest BCUT2D eigenvalue weighted by Crippen LogP contribution is -2.43. The molecule has 510 valence electrons. The molecule has 0 saturated carbocycles. The minimum atomic E-state index is 0.0152. The van der Waals surface area contributed by atoms with Gasteiger partial charge < -0.3 is 41.7 Å². The van der Waals surface area contributed by atoms with Gasteiger partial charge in [0.2, 0.25) is 5.91 Å². The Hall–Kier alpha value is -5.30. The molecule has 0 aliphatic carbocycles. The van der Waals surface area contributed by atoms with Gasteiger partial charge in [0, 0.05) is 121 Å². The van der Waals surface area contributed by atoms with E-state index in [1.165, 1.54) is 90.3 Å². The molecule has 6 N–H and O–H groups in total. The molecule has 0 spiro atoms. The van der Waals surface area contributed by atoms with Gasteiger partial charge in [-0.15, -0.1) is 22.7 Å². The number of nitrogens with zero attached hydrogens (tertiary/aromatic N) is 9. The number of aryl methyl sites for hydroxylation is 1. The SMILES string of the molecule is CC(C)(C)c1cc(CCC2CCNC2)ns1.CC(C)(C)c1cc(NCc2ccccc2)ns1.CC(C)(C)c1cnc(Nc2cccnc2)s1.CC(C)(C)c1cnsc1N1CCNCC1.CC(C)(C)c1csc(N2CCNCC2)n1.CNC(=O)Cc1nscc1C(C)(C)C. The van der Waals surface area contributed by atoms with Crippen LogP contribution in [0.2, 0.25) is 0 Å². The van der Waals surface area contributed by atoms with E-state index in [0.717, 1.165) is 93.6 Å². The summed E-state index contributed by atoms with van der Waals surface area (Å²) in [5, 5.41) is 27.0. The lowest BCUT2D eigenvalue weighted by molar-refractivity contribution is -0.120. The van der Waals surface area contributed by atoms with Gasteiger partial charge in [-0.05, 0) is 147 Å². The number of benzene rings is 1. The normalized spacial score (nSPS) is 15.4. The molecule has 1 amide bonds. The van der Waals surface area contributed by atoms with Crippen LogP contribution in [0.15, 0.2) is 90.1 Å². The monoisotopic (exact) mass is 1380 g/mol. The fraction of sp³-hybridized carbons (Fsp3) is 0.577. The molecule has 3 saturated heterocycles. The number of aromatic nitrogens is 7. The van der Waals surface area contributed by atoms with Crippen molar-refractivity contribution in [3.63, 3.8) is 0 Å². The molecule has 7 aromatic heterocycles. The van der Waals surface area contributed by atoms with Crippen LogP contribution in [0.4, 0.5) is 26.8 Å². The van der Waals surface area contributed by atoms with Crippen molar-refractivity contribution in [3.8, 4) is 0 Å². The fourth-order valence-electron chi connectivity index (χ4n) is 9.53. The number of piperazine rings is 2. The lowest BCUT2D eigenvalue weighted by atomic mass is 9.87. The van der Waals surface area contributed by atoms with Crippen LogP contribution in [-0.4, -0.2) is 111 Å². The molecule has 3 fully saturated rings. The van der Waals surface area contributed by atoms with Gasteiger partial charge in [-0.3, -0.25) is 9.78 Å². The summed E-state index contributed by atoms with van der Waals surface area (Å²) in [7, 11) is 1.64. The van der Waals surface area contributed by atoms with E-state index in [4.69, 9.17) is 4.98 Å². The zero-order chi connectivity index (χ0) is 68.0. The summed E-state index contributed by atoms with van der Waals surface area (Å²) in [5.41, 5.74) is 9.24. The number of rotatable bonds is 12. The average molecular weight is 1380 g/mol. The van der Waals surface area contributed by atoms with Crippen molar-refractivity contribution in [3.05, 3.63) is 139 Å². The van der Waals surface area contributed by atoms with Gasteiger partial charge >= 0.3 is 0 Å². The van der Waals surface area contributed by atoms with Gasteiger partial charge in [-0.2, -0.15) is 17.5 Å². The molecule has 3 aliphatic heterocycles. The molecule has 8 aromatic rings. The van der Waals surface area contributed by atoms with Crippen LogP contribution in [0, 0.1) is 5.92 Å². The third-order valence-corrected chi connectivity index (χ3v) is 21.7. The van der Waals surface area contributed by atoms with Gasteiger partial charge in [-0.1, -0.05) is 155 Å². The molecule has 16 nitrogen and oxygen atoms in total. The van der Waals surface area contributed by atoms with E-state index in [9.17, 15) is 4.79 Å². The molecule has 1 aromatic carbocycles. The minimum absolute atomic E-state index is 0.0152. The Morgan fingerprint density at radius 3 is 1.81 bits per heavy atom. The standard InChI is InChI=1S/C14H18N2S.C13H22N2S.C12H15N3S.2C11H19N3S.C10H16N2OS/c1-14(2,3)12-9-13(16-17-12)15-10-11-7-5-4-6-8-11;1-13(2,3)12-8-11(15-16-12)5-4-10-6-7-14-9-10;1-12(2,3)10-8-14-11(16-10)15-9-5-4-6-13-7-9;1-11(2,3)9-8-15-10(13-9)14-6-4-12-5-7-14;1-11(2,3)9-8-13-15-10(9)14-6-4-12-5-7-14;1-10(2,3)7-6-14-12-8(7)5-9(13)11-4/h4-9H,10H2,1-3H3,(H,15,16);8,10,14H,4-7,9H2,1-3H3;4-8H,1-3H3,(H,14,15);2*8,12H,4-7H2,1-3H3;6H,5H2,1-4H3,(H,11,13). The van der Waals surface area contributed by atoms with Gasteiger partial charge in [0.15, 0.2) is 10.3 Å². The number of thiazole rings is 2. The molecule has 10 heterocycles. The summed E-state index contributed by atoms with van der Waals surface area (Å²) in [4.78, 5) is 33.2. The number of carbonyl (C=O) groups excluding carboxylic acids is 1. The Labute approximate surface area is 582 Å². The zero-order valence-corrected chi connectivity index (χ0v) is 64.1. The Kier molecular flexibility index (Phi) is 29.4. The van der Waals surface area contributed by atoms with Crippen LogP contribution in [0.25, 0.3) is 0 Å².